The largest absolute Gasteiger partial charge is 0.279 e. The predicted molar refractivity (Wildman–Crippen MR) is 81.1 cm³/mol. The maximum Gasteiger partial charge on any atom is 0.261 e. The Kier molecular flexibility index (Phi) is 3.91. The van der Waals surface area contributed by atoms with Gasteiger partial charge in [0.1, 0.15) is 0 Å². The molecule has 0 bridgehead atoms. The summed E-state index contributed by atoms with van der Waals surface area (Å²) in [5.41, 5.74) is 1.50. The predicted octanol–water partition coefficient (Wildman–Crippen LogP) is 3.40. The quantitative estimate of drug-likeness (QED) is 0.839. The molecule has 0 saturated carbocycles. The van der Waals surface area contributed by atoms with Gasteiger partial charge in [-0.25, -0.2) is 8.42 Å². The molecule has 2 aromatic carbocycles. The molecule has 0 aromatic heterocycles. The highest BCUT2D eigenvalue weighted by atomic mass is 127. The lowest BCUT2D eigenvalue weighted by atomic mass is 10.2. The van der Waals surface area contributed by atoms with Gasteiger partial charge >= 0.3 is 0 Å². The van der Waals surface area contributed by atoms with E-state index in [1.165, 1.54) is 0 Å². The zero-order valence-corrected chi connectivity index (χ0v) is 12.7. The van der Waals surface area contributed by atoms with Crippen molar-refractivity contribution in [2.24, 2.45) is 0 Å². The fourth-order valence-corrected chi connectivity index (χ4v) is 3.00. The molecule has 94 valence electrons. The number of hydrogen-bond donors (Lipinski definition) is 1. The molecule has 0 aliphatic rings. The van der Waals surface area contributed by atoms with Gasteiger partial charge in [0.15, 0.2) is 0 Å². The molecule has 2 aromatic rings. The van der Waals surface area contributed by atoms with Gasteiger partial charge in [-0.05, 0) is 65.4 Å². The normalized spacial score (nSPS) is 11.2. The minimum absolute atomic E-state index is 0.270. The van der Waals surface area contributed by atoms with Gasteiger partial charge in [-0.1, -0.05) is 18.2 Å². The zero-order chi connectivity index (χ0) is 13.2. The Morgan fingerprint density at radius 3 is 2.22 bits per heavy atom. The topological polar surface area (TPSA) is 46.2 Å². The van der Waals surface area contributed by atoms with Crippen LogP contribution >= 0.6 is 22.6 Å². The third-order valence-corrected chi connectivity index (χ3v) is 4.61. The average molecular weight is 373 g/mol. The molecule has 0 unspecified atom stereocenters. The molecule has 3 nitrogen and oxygen atoms in total. The Bertz CT molecular complexity index is 651. The first-order valence-electron chi connectivity index (χ1n) is 5.33. The summed E-state index contributed by atoms with van der Waals surface area (Å²) in [6, 6.07) is 14.0. The fourth-order valence-electron chi connectivity index (χ4n) is 1.50. The Labute approximate surface area is 120 Å². The number of rotatable bonds is 3. The van der Waals surface area contributed by atoms with Crippen LogP contribution in [0, 0.1) is 10.5 Å². The maximum absolute atomic E-state index is 12.2. The van der Waals surface area contributed by atoms with Crippen molar-refractivity contribution in [2.75, 3.05) is 4.72 Å². The van der Waals surface area contributed by atoms with E-state index < -0.39 is 10.0 Å². The maximum atomic E-state index is 12.2. The number of aryl methyl sites for hydroxylation is 1. The number of anilines is 1. The molecular formula is C13H12INO2S. The van der Waals surface area contributed by atoms with Crippen LogP contribution in [0.25, 0.3) is 0 Å². The summed E-state index contributed by atoms with van der Waals surface area (Å²) in [6.45, 7) is 1.87. The van der Waals surface area contributed by atoms with E-state index in [4.69, 9.17) is 0 Å². The second-order valence-electron chi connectivity index (χ2n) is 3.87. The molecule has 2 rings (SSSR count). The standard InChI is InChI=1S/C13H12INO2S/c1-10-4-2-3-5-13(10)15-18(16,17)12-8-6-11(14)7-9-12/h2-9,15H,1H3. The lowest BCUT2D eigenvalue weighted by Crippen LogP contribution is -2.13. The Morgan fingerprint density at radius 2 is 1.61 bits per heavy atom. The molecule has 0 fully saturated rings. The Morgan fingerprint density at radius 1 is 1.00 bits per heavy atom. The van der Waals surface area contributed by atoms with Crippen molar-refractivity contribution in [1.82, 2.24) is 0 Å². The summed E-state index contributed by atoms with van der Waals surface area (Å²) < 4.78 is 27.9. The Balaban J connectivity index is 2.33. The summed E-state index contributed by atoms with van der Waals surface area (Å²) in [4.78, 5) is 0.270. The molecule has 0 radical (unpaired) electrons. The summed E-state index contributed by atoms with van der Waals surface area (Å²) >= 11 is 2.14. The summed E-state index contributed by atoms with van der Waals surface area (Å²) in [5.74, 6) is 0. The second kappa shape index (κ2) is 5.27. The van der Waals surface area contributed by atoms with Crippen LogP contribution in [0.2, 0.25) is 0 Å². The smallest absolute Gasteiger partial charge is 0.261 e. The number of halogens is 1. The minimum atomic E-state index is -3.51. The van der Waals surface area contributed by atoms with Gasteiger partial charge in [0.25, 0.3) is 10.0 Å². The lowest BCUT2D eigenvalue weighted by molar-refractivity contribution is 0.601. The third-order valence-electron chi connectivity index (χ3n) is 2.51. The van der Waals surface area contributed by atoms with Crippen LogP contribution in [0.5, 0.6) is 0 Å². The monoisotopic (exact) mass is 373 g/mol. The van der Waals surface area contributed by atoms with Crippen molar-refractivity contribution in [2.45, 2.75) is 11.8 Å². The second-order valence-corrected chi connectivity index (χ2v) is 6.80. The van der Waals surface area contributed by atoms with Gasteiger partial charge in [-0.15, -0.1) is 0 Å². The summed E-state index contributed by atoms with van der Waals surface area (Å²) in [6.07, 6.45) is 0. The van der Waals surface area contributed by atoms with Crippen molar-refractivity contribution < 1.29 is 8.42 Å². The summed E-state index contributed by atoms with van der Waals surface area (Å²) in [7, 11) is -3.51. The van der Waals surface area contributed by atoms with Crippen molar-refractivity contribution in [3.05, 3.63) is 57.7 Å². The number of sulfonamides is 1. The molecule has 0 aliphatic carbocycles. The highest BCUT2D eigenvalue weighted by Crippen LogP contribution is 2.19. The first kappa shape index (κ1) is 13.4. The van der Waals surface area contributed by atoms with E-state index in [1.807, 2.05) is 19.1 Å². The van der Waals surface area contributed by atoms with E-state index >= 15 is 0 Å². The molecule has 18 heavy (non-hydrogen) atoms. The fraction of sp³-hybridized carbons (Fsp3) is 0.0769. The molecule has 0 aliphatic heterocycles. The van der Waals surface area contributed by atoms with Gasteiger partial charge < -0.3 is 0 Å². The van der Waals surface area contributed by atoms with E-state index in [1.54, 1.807) is 36.4 Å². The van der Waals surface area contributed by atoms with Gasteiger partial charge in [-0.2, -0.15) is 0 Å². The number of nitrogens with one attached hydrogen (secondary N) is 1. The zero-order valence-electron chi connectivity index (χ0n) is 9.72. The number of hydrogen-bond acceptors (Lipinski definition) is 2. The molecule has 1 N–H and O–H groups in total. The number of benzene rings is 2. The van der Waals surface area contributed by atoms with Gasteiger partial charge in [-0.3, -0.25) is 4.72 Å². The van der Waals surface area contributed by atoms with Crippen LogP contribution in [-0.4, -0.2) is 8.42 Å². The first-order chi connectivity index (χ1) is 8.49. The van der Waals surface area contributed by atoms with Crippen LogP contribution in [0.15, 0.2) is 53.4 Å². The van der Waals surface area contributed by atoms with Crippen LogP contribution in [0.4, 0.5) is 5.69 Å². The van der Waals surface area contributed by atoms with Gasteiger partial charge in [0, 0.05) is 3.57 Å². The Hall–Kier alpha value is -1.08. The highest BCUT2D eigenvalue weighted by Gasteiger charge is 2.14. The van der Waals surface area contributed by atoms with Crippen molar-refractivity contribution in [1.29, 1.82) is 0 Å². The molecule has 0 saturated heterocycles. The van der Waals surface area contributed by atoms with Crippen LogP contribution in [0.3, 0.4) is 0 Å². The number of para-hydroxylation sites is 1. The third kappa shape index (κ3) is 3.02. The molecule has 5 heteroatoms. The van der Waals surface area contributed by atoms with Crippen molar-refractivity contribution in [3.8, 4) is 0 Å². The molecule has 0 spiro atoms. The molecular weight excluding hydrogens is 361 g/mol. The van der Waals surface area contributed by atoms with Crippen molar-refractivity contribution >= 4 is 38.3 Å². The molecule has 0 heterocycles. The van der Waals surface area contributed by atoms with Crippen LogP contribution in [-0.2, 0) is 10.0 Å². The SMILES string of the molecule is Cc1ccccc1NS(=O)(=O)c1ccc(I)cc1. The first-order valence-corrected chi connectivity index (χ1v) is 7.89. The van der Waals surface area contributed by atoms with Gasteiger partial charge in [0.05, 0.1) is 10.6 Å². The molecule has 0 atom stereocenters. The minimum Gasteiger partial charge on any atom is -0.279 e. The molecule has 0 amide bonds. The van der Waals surface area contributed by atoms with Crippen molar-refractivity contribution in [3.63, 3.8) is 0 Å². The van der Waals surface area contributed by atoms with Crippen LogP contribution < -0.4 is 4.72 Å². The highest BCUT2D eigenvalue weighted by molar-refractivity contribution is 14.1. The average Bonchev–Trinajstić information content (AvgIpc) is 2.32. The summed E-state index contributed by atoms with van der Waals surface area (Å²) in [5, 5.41) is 0. The van der Waals surface area contributed by atoms with E-state index in [2.05, 4.69) is 27.3 Å². The van der Waals surface area contributed by atoms with Gasteiger partial charge in [0.2, 0.25) is 0 Å². The van der Waals surface area contributed by atoms with E-state index in [9.17, 15) is 8.42 Å². The van der Waals surface area contributed by atoms with E-state index in [-0.39, 0.29) is 4.90 Å². The lowest BCUT2D eigenvalue weighted by Gasteiger charge is -2.10. The van der Waals surface area contributed by atoms with E-state index in [0.717, 1.165) is 9.13 Å². The van der Waals surface area contributed by atoms with Crippen LogP contribution in [0.1, 0.15) is 5.56 Å². The van der Waals surface area contributed by atoms with E-state index in [0.29, 0.717) is 5.69 Å².